The summed E-state index contributed by atoms with van der Waals surface area (Å²) < 4.78 is 0. The number of aromatic amines is 1. The van der Waals surface area contributed by atoms with Crippen molar-refractivity contribution in [3.63, 3.8) is 0 Å². The van der Waals surface area contributed by atoms with Crippen LogP contribution in [0.1, 0.15) is 38.2 Å². The van der Waals surface area contributed by atoms with Gasteiger partial charge in [-0.25, -0.2) is 0 Å². The maximum Gasteiger partial charge on any atom is 0.270 e. The molecule has 0 radical (unpaired) electrons. The Morgan fingerprint density at radius 2 is 1.89 bits per heavy atom. The smallest absolute Gasteiger partial charge is 0.270 e. The molecule has 1 heterocycles. The summed E-state index contributed by atoms with van der Waals surface area (Å²) in [5.74, 6) is 0.0404. The van der Waals surface area contributed by atoms with Gasteiger partial charge in [0.25, 0.3) is 5.91 Å². The van der Waals surface area contributed by atoms with Crippen LogP contribution in [0.3, 0.4) is 0 Å². The lowest BCUT2D eigenvalue weighted by molar-refractivity contribution is 0.0624. The van der Waals surface area contributed by atoms with Crippen molar-refractivity contribution in [1.82, 2.24) is 9.88 Å². The lowest BCUT2D eigenvalue weighted by Crippen LogP contribution is -2.43. The molecule has 1 unspecified atom stereocenters. The van der Waals surface area contributed by atoms with E-state index in [-0.39, 0.29) is 17.4 Å². The molecule has 1 aromatic carbocycles. The van der Waals surface area contributed by atoms with Crippen molar-refractivity contribution >= 4 is 16.8 Å². The molecule has 102 valence electrons. The monoisotopic (exact) mass is 258 g/mol. The minimum atomic E-state index is 0.0404. The zero-order valence-corrected chi connectivity index (χ0v) is 12.3. The van der Waals surface area contributed by atoms with Crippen LogP contribution in [-0.4, -0.2) is 28.9 Å². The van der Waals surface area contributed by atoms with Crippen LogP contribution in [0.15, 0.2) is 30.3 Å². The first-order chi connectivity index (χ1) is 8.80. The topological polar surface area (TPSA) is 36.1 Å². The summed E-state index contributed by atoms with van der Waals surface area (Å²) in [4.78, 5) is 17.5. The predicted molar refractivity (Wildman–Crippen MR) is 79.3 cm³/mol. The Hall–Kier alpha value is -1.77. The second-order valence-electron chi connectivity index (χ2n) is 6.23. The summed E-state index contributed by atoms with van der Waals surface area (Å²) in [6.07, 6.45) is 0. The van der Waals surface area contributed by atoms with E-state index >= 15 is 0 Å². The molecule has 1 amide bonds. The molecular weight excluding hydrogens is 236 g/mol. The third kappa shape index (κ3) is 2.65. The number of hydrogen-bond donors (Lipinski definition) is 1. The van der Waals surface area contributed by atoms with Crippen molar-refractivity contribution in [3.05, 3.63) is 36.0 Å². The maximum absolute atomic E-state index is 12.5. The number of fused-ring (bicyclic) bond motifs is 1. The van der Waals surface area contributed by atoms with Crippen molar-refractivity contribution in [3.8, 4) is 0 Å². The van der Waals surface area contributed by atoms with Crippen molar-refractivity contribution in [2.75, 3.05) is 7.05 Å². The highest BCUT2D eigenvalue weighted by Gasteiger charge is 2.28. The molecule has 0 aliphatic carbocycles. The molecule has 0 aliphatic rings. The standard InChI is InChI=1S/C16H22N2O/c1-11(16(2,3)4)18(5)15(19)14-10-12-8-6-7-9-13(12)17-14/h6-11,17H,1-5H3. The van der Waals surface area contributed by atoms with E-state index in [1.807, 2.05) is 42.3 Å². The summed E-state index contributed by atoms with van der Waals surface area (Å²) >= 11 is 0. The Kier molecular flexibility index (Phi) is 3.40. The number of H-pyrrole nitrogens is 1. The van der Waals surface area contributed by atoms with Gasteiger partial charge in [-0.2, -0.15) is 0 Å². The predicted octanol–water partition coefficient (Wildman–Crippen LogP) is 3.67. The lowest BCUT2D eigenvalue weighted by Gasteiger charge is -2.35. The molecule has 0 fully saturated rings. The molecule has 0 aliphatic heterocycles. The van der Waals surface area contributed by atoms with E-state index in [4.69, 9.17) is 0 Å². The summed E-state index contributed by atoms with van der Waals surface area (Å²) in [7, 11) is 1.86. The van der Waals surface area contributed by atoms with E-state index < -0.39 is 0 Å². The van der Waals surface area contributed by atoms with Crippen LogP contribution in [-0.2, 0) is 0 Å². The van der Waals surface area contributed by atoms with Gasteiger partial charge in [0.2, 0.25) is 0 Å². The average molecular weight is 258 g/mol. The van der Waals surface area contributed by atoms with E-state index in [1.54, 1.807) is 0 Å². The van der Waals surface area contributed by atoms with E-state index in [1.165, 1.54) is 0 Å². The zero-order chi connectivity index (χ0) is 14.2. The summed E-state index contributed by atoms with van der Waals surface area (Å²) in [6, 6.07) is 10.0. The number of para-hydroxylation sites is 1. The number of rotatable bonds is 2. The first-order valence-electron chi connectivity index (χ1n) is 6.65. The fourth-order valence-corrected chi connectivity index (χ4v) is 2.14. The highest BCUT2D eigenvalue weighted by molar-refractivity contribution is 5.98. The Bertz CT molecular complexity index is 559. The number of benzene rings is 1. The number of nitrogens with one attached hydrogen (secondary N) is 1. The molecule has 1 aromatic heterocycles. The summed E-state index contributed by atoms with van der Waals surface area (Å²) in [5, 5.41) is 1.07. The van der Waals surface area contributed by atoms with Gasteiger partial charge in [0.1, 0.15) is 5.69 Å². The molecule has 2 rings (SSSR count). The Morgan fingerprint density at radius 1 is 1.26 bits per heavy atom. The van der Waals surface area contributed by atoms with Crippen LogP contribution in [0.5, 0.6) is 0 Å². The fraction of sp³-hybridized carbons (Fsp3) is 0.438. The molecule has 3 heteroatoms. The fourth-order valence-electron chi connectivity index (χ4n) is 2.14. The molecular formula is C16H22N2O. The second-order valence-corrected chi connectivity index (χ2v) is 6.23. The summed E-state index contributed by atoms with van der Waals surface area (Å²) in [6.45, 7) is 8.52. The van der Waals surface area contributed by atoms with Crippen LogP contribution in [0.4, 0.5) is 0 Å². The summed E-state index contributed by atoms with van der Waals surface area (Å²) in [5.41, 5.74) is 1.72. The van der Waals surface area contributed by atoms with E-state index in [9.17, 15) is 4.79 Å². The SMILES string of the molecule is CC(N(C)C(=O)c1cc2ccccc2[nH]1)C(C)(C)C. The number of amides is 1. The van der Waals surface area contributed by atoms with Gasteiger partial charge < -0.3 is 9.88 Å². The van der Waals surface area contributed by atoms with E-state index in [0.29, 0.717) is 5.69 Å². The van der Waals surface area contributed by atoms with Gasteiger partial charge in [-0.1, -0.05) is 39.0 Å². The van der Waals surface area contributed by atoms with Crippen LogP contribution >= 0.6 is 0 Å². The number of aromatic nitrogens is 1. The van der Waals surface area contributed by atoms with Gasteiger partial charge in [0.05, 0.1) is 0 Å². The van der Waals surface area contributed by atoms with E-state index in [2.05, 4.69) is 32.7 Å². The number of carbonyl (C=O) groups is 1. The Labute approximate surface area is 114 Å². The maximum atomic E-state index is 12.5. The van der Waals surface area contributed by atoms with Crippen LogP contribution in [0, 0.1) is 5.41 Å². The Morgan fingerprint density at radius 3 is 2.47 bits per heavy atom. The molecule has 1 N–H and O–H groups in total. The third-order valence-corrected chi connectivity index (χ3v) is 3.91. The van der Waals surface area contributed by atoms with Crippen molar-refractivity contribution in [2.45, 2.75) is 33.7 Å². The third-order valence-electron chi connectivity index (χ3n) is 3.91. The number of nitrogens with zero attached hydrogens (tertiary/aromatic N) is 1. The number of hydrogen-bond acceptors (Lipinski definition) is 1. The molecule has 0 saturated carbocycles. The highest BCUT2D eigenvalue weighted by Crippen LogP contribution is 2.24. The van der Waals surface area contributed by atoms with Gasteiger partial charge in [0.15, 0.2) is 0 Å². The largest absolute Gasteiger partial charge is 0.351 e. The zero-order valence-electron chi connectivity index (χ0n) is 12.3. The first-order valence-corrected chi connectivity index (χ1v) is 6.65. The molecule has 19 heavy (non-hydrogen) atoms. The van der Waals surface area contributed by atoms with Gasteiger partial charge >= 0.3 is 0 Å². The Balaban J connectivity index is 2.28. The van der Waals surface area contributed by atoms with E-state index in [0.717, 1.165) is 10.9 Å². The molecule has 1 atom stereocenters. The van der Waals surface area contributed by atoms with Crippen LogP contribution in [0.25, 0.3) is 10.9 Å². The molecule has 3 nitrogen and oxygen atoms in total. The van der Waals surface area contributed by atoms with Gasteiger partial charge in [-0.15, -0.1) is 0 Å². The number of carbonyl (C=O) groups excluding carboxylic acids is 1. The molecule has 0 saturated heterocycles. The first kappa shape index (κ1) is 13.7. The van der Waals surface area contributed by atoms with Crippen LogP contribution < -0.4 is 0 Å². The molecule has 0 bridgehead atoms. The van der Waals surface area contributed by atoms with Crippen molar-refractivity contribution < 1.29 is 4.79 Å². The lowest BCUT2D eigenvalue weighted by atomic mass is 9.87. The normalized spacial score (nSPS) is 13.5. The van der Waals surface area contributed by atoms with Crippen LogP contribution in [0.2, 0.25) is 0 Å². The van der Waals surface area contributed by atoms with Crippen molar-refractivity contribution in [2.24, 2.45) is 5.41 Å². The van der Waals surface area contributed by atoms with Gasteiger partial charge in [-0.05, 0) is 24.5 Å². The average Bonchev–Trinajstić information content (AvgIpc) is 2.78. The quantitative estimate of drug-likeness (QED) is 0.876. The molecule has 0 spiro atoms. The van der Waals surface area contributed by atoms with Gasteiger partial charge in [-0.3, -0.25) is 4.79 Å². The molecule has 2 aromatic rings. The highest BCUT2D eigenvalue weighted by atomic mass is 16.2. The minimum absolute atomic E-state index is 0.0404. The van der Waals surface area contributed by atoms with Crippen molar-refractivity contribution in [1.29, 1.82) is 0 Å². The minimum Gasteiger partial charge on any atom is -0.351 e. The second kappa shape index (κ2) is 4.72. The van der Waals surface area contributed by atoms with Gasteiger partial charge in [0, 0.05) is 24.0 Å².